The molecule has 0 spiro atoms. The normalized spacial score (nSPS) is 16.8. The molecule has 10 heavy (non-hydrogen) atoms. The van der Waals surface area contributed by atoms with Gasteiger partial charge in [0.05, 0.1) is 6.10 Å². The lowest BCUT2D eigenvalue weighted by atomic mass is 10.0. The van der Waals surface area contributed by atoms with Gasteiger partial charge in [0.15, 0.2) is 0 Å². The van der Waals surface area contributed by atoms with Crippen LogP contribution in [0.25, 0.3) is 0 Å². The molecule has 0 radical (unpaired) electrons. The van der Waals surface area contributed by atoms with Gasteiger partial charge in [-0.3, -0.25) is 0 Å². The number of methoxy groups -OCH3 is 1. The summed E-state index contributed by atoms with van der Waals surface area (Å²) in [5.41, 5.74) is 5.40. The fourth-order valence-electron chi connectivity index (χ4n) is 1.04. The fraction of sp³-hybridized carbons (Fsp3) is 1.00. The predicted molar refractivity (Wildman–Crippen MR) is 40.7 cm³/mol. The number of hydrogen-bond acceptors (Lipinski definition) is 3. The summed E-state index contributed by atoms with van der Waals surface area (Å²) in [6.45, 7) is 2.62. The topological polar surface area (TPSA) is 55.5 Å². The van der Waals surface area contributed by atoms with Crippen LogP contribution in [0.1, 0.15) is 13.3 Å². The van der Waals surface area contributed by atoms with E-state index >= 15 is 0 Å². The Hall–Kier alpha value is -0.120. The molecule has 3 nitrogen and oxygen atoms in total. The van der Waals surface area contributed by atoms with Gasteiger partial charge in [-0.1, -0.05) is 6.92 Å². The minimum Gasteiger partial charge on any atom is -0.396 e. The van der Waals surface area contributed by atoms with E-state index in [0.29, 0.717) is 6.54 Å². The van der Waals surface area contributed by atoms with Crippen molar-refractivity contribution in [3.05, 3.63) is 0 Å². The number of rotatable bonds is 5. The molecule has 3 N–H and O–H groups in total. The summed E-state index contributed by atoms with van der Waals surface area (Å²) in [5.74, 6) is 0.0926. The van der Waals surface area contributed by atoms with Crippen molar-refractivity contribution in [1.82, 2.24) is 0 Å². The third-order valence-corrected chi connectivity index (χ3v) is 1.77. The van der Waals surface area contributed by atoms with Crippen molar-refractivity contribution >= 4 is 0 Å². The van der Waals surface area contributed by atoms with Crippen LogP contribution in [-0.4, -0.2) is 31.5 Å². The van der Waals surface area contributed by atoms with E-state index in [-0.39, 0.29) is 18.6 Å². The molecule has 0 amide bonds. The molecule has 0 aliphatic rings. The average Bonchev–Trinajstić information content (AvgIpc) is 2.00. The van der Waals surface area contributed by atoms with E-state index in [2.05, 4.69) is 0 Å². The van der Waals surface area contributed by atoms with Crippen LogP contribution >= 0.6 is 0 Å². The zero-order valence-electron chi connectivity index (χ0n) is 6.71. The van der Waals surface area contributed by atoms with Gasteiger partial charge >= 0.3 is 0 Å². The second-order valence-corrected chi connectivity index (χ2v) is 2.36. The van der Waals surface area contributed by atoms with Gasteiger partial charge in [0.25, 0.3) is 0 Å². The van der Waals surface area contributed by atoms with Crippen LogP contribution in [0.15, 0.2) is 0 Å². The number of hydrogen-bond donors (Lipinski definition) is 2. The smallest absolute Gasteiger partial charge is 0.0630 e. The van der Waals surface area contributed by atoms with Gasteiger partial charge in [0, 0.05) is 19.6 Å². The van der Waals surface area contributed by atoms with Gasteiger partial charge in [-0.2, -0.15) is 0 Å². The molecule has 0 aliphatic heterocycles. The van der Waals surface area contributed by atoms with Crippen molar-refractivity contribution in [3.8, 4) is 0 Å². The van der Waals surface area contributed by atoms with Gasteiger partial charge in [-0.05, 0) is 13.0 Å². The lowest BCUT2D eigenvalue weighted by molar-refractivity contribution is 0.0275. The third kappa shape index (κ3) is 2.64. The van der Waals surface area contributed by atoms with E-state index < -0.39 is 0 Å². The summed E-state index contributed by atoms with van der Waals surface area (Å²) >= 11 is 0. The van der Waals surface area contributed by atoms with Crippen LogP contribution < -0.4 is 5.73 Å². The highest BCUT2D eigenvalue weighted by Crippen LogP contribution is 2.08. The zero-order chi connectivity index (χ0) is 7.98. The highest BCUT2D eigenvalue weighted by atomic mass is 16.5. The molecule has 0 fully saturated rings. The highest BCUT2D eigenvalue weighted by molar-refractivity contribution is 4.68. The number of aliphatic hydroxyl groups excluding tert-OH is 1. The standard InChI is InChI=1S/C7H17NO2/c1-3-7(10-2)6(4-8)5-9/h6-7,9H,3-5,8H2,1-2H3. The first kappa shape index (κ1) is 9.88. The molecule has 0 heterocycles. The Bertz CT molecular complexity index is 60.0. The van der Waals surface area contributed by atoms with Crippen molar-refractivity contribution < 1.29 is 9.84 Å². The minimum atomic E-state index is 0.0926. The van der Waals surface area contributed by atoms with Crippen LogP contribution in [0, 0.1) is 5.92 Å². The molecule has 0 aromatic heterocycles. The fourth-order valence-corrected chi connectivity index (χ4v) is 1.04. The SMILES string of the molecule is CCC(OC)C(CN)CO. The second-order valence-electron chi connectivity index (χ2n) is 2.36. The van der Waals surface area contributed by atoms with Gasteiger partial charge in [0.2, 0.25) is 0 Å². The van der Waals surface area contributed by atoms with E-state index in [1.807, 2.05) is 6.92 Å². The second kappa shape index (κ2) is 5.65. The zero-order valence-corrected chi connectivity index (χ0v) is 6.71. The van der Waals surface area contributed by atoms with Crippen molar-refractivity contribution in [2.24, 2.45) is 11.7 Å². The quantitative estimate of drug-likeness (QED) is 0.574. The van der Waals surface area contributed by atoms with Crippen molar-refractivity contribution in [2.75, 3.05) is 20.3 Å². The Morgan fingerprint density at radius 1 is 1.60 bits per heavy atom. The number of ether oxygens (including phenoxy) is 1. The molecule has 0 saturated carbocycles. The first-order chi connectivity index (χ1) is 4.79. The van der Waals surface area contributed by atoms with E-state index in [4.69, 9.17) is 15.6 Å². The number of aliphatic hydroxyl groups is 1. The van der Waals surface area contributed by atoms with E-state index in [0.717, 1.165) is 6.42 Å². The Kier molecular flexibility index (Phi) is 5.58. The van der Waals surface area contributed by atoms with Crippen LogP contribution in [0.3, 0.4) is 0 Å². The predicted octanol–water partition coefficient (Wildman–Crippen LogP) is -0.0214. The van der Waals surface area contributed by atoms with Crippen LogP contribution in [0.4, 0.5) is 0 Å². The van der Waals surface area contributed by atoms with Crippen LogP contribution in [-0.2, 0) is 4.74 Å². The molecule has 3 heteroatoms. The lowest BCUT2D eigenvalue weighted by Crippen LogP contribution is -2.31. The molecule has 0 saturated heterocycles. The average molecular weight is 147 g/mol. The molecular weight excluding hydrogens is 130 g/mol. The third-order valence-electron chi connectivity index (χ3n) is 1.77. The first-order valence-corrected chi connectivity index (χ1v) is 3.63. The molecule has 0 aromatic carbocycles. The molecule has 2 unspecified atom stereocenters. The highest BCUT2D eigenvalue weighted by Gasteiger charge is 2.16. The summed E-state index contributed by atoms with van der Waals surface area (Å²) in [5, 5.41) is 8.80. The Balaban J connectivity index is 3.70. The summed E-state index contributed by atoms with van der Waals surface area (Å²) < 4.78 is 5.10. The Morgan fingerprint density at radius 3 is 2.30 bits per heavy atom. The first-order valence-electron chi connectivity index (χ1n) is 3.63. The minimum absolute atomic E-state index is 0.0926. The van der Waals surface area contributed by atoms with Gasteiger partial charge in [-0.25, -0.2) is 0 Å². The maximum absolute atomic E-state index is 8.80. The van der Waals surface area contributed by atoms with Crippen LogP contribution in [0.2, 0.25) is 0 Å². The van der Waals surface area contributed by atoms with Crippen molar-refractivity contribution in [1.29, 1.82) is 0 Å². The maximum Gasteiger partial charge on any atom is 0.0630 e. The summed E-state index contributed by atoms with van der Waals surface area (Å²) in [7, 11) is 1.65. The molecule has 0 aliphatic carbocycles. The molecular formula is C7H17NO2. The van der Waals surface area contributed by atoms with Crippen molar-refractivity contribution in [3.63, 3.8) is 0 Å². The largest absolute Gasteiger partial charge is 0.396 e. The van der Waals surface area contributed by atoms with Gasteiger partial charge < -0.3 is 15.6 Å². The maximum atomic E-state index is 8.80. The Morgan fingerprint density at radius 2 is 2.20 bits per heavy atom. The molecule has 0 bridgehead atoms. The van der Waals surface area contributed by atoms with Gasteiger partial charge in [0.1, 0.15) is 0 Å². The molecule has 0 aromatic rings. The van der Waals surface area contributed by atoms with Gasteiger partial charge in [-0.15, -0.1) is 0 Å². The van der Waals surface area contributed by atoms with Crippen LogP contribution in [0.5, 0.6) is 0 Å². The number of nitrogens with two attached hydrogens (primary N) is 1. The lowest BCUT2D eigenvalue weighted by Gasteiger charge is -2.21. The van der Waals surface area contributed by atoms with E-state index in [9.17, 15) is 0 Å². The summed E-state index contributed by atoms with van der Waals surface area (Å²) in [4.78, 5) is 0. The van der Waals surface area contributed by atoms with Crippen molar-refractivity contribution in [2.45, 2.75) is 19.4 Å². The monoisotopic (exact) mass is 147 g/mol. The van der Waals surface area contributed by atoms with E-state index in [1.54, 1.807) is 7.11 Å². The summed E-state index contributed by atoms with van der Waals surface area (Å²) in [6.07, 6.45) is 1.01. The molecule has 2 atom stereocenters. The van der Waals surface area contributed by atoms with E-state index in [1.165, 1.54) is 0 Å². The Labute approximate surface area is 62.2 Å². The molecule has 62 valence electrons. The summed E-state index contributed by atoms with van der Waals surface area (Å²) in [6, 6.07) is 0. The molecule has 0 rings (SSSR count).